The lowest BCUT2D eigenvalue weighted by molar-refractivity contribution is -0.144. The third-order valence-corrected chi connectivity index (χ3v) is 10.9. The van der Waals surface area contributed by atoms with E-state index in [-0.39, 0.29) is 43.2 Å². The Hall–Kier alpha value is -3.00. The van der Waals surface area contributed by atoms with Gasteiger partial charge in [0.25, 0.3) is 5.91 Å². The van der Waals surface area contributed by atoms with Crippen LogP contribution in [0.5, 0.6) is 0 Å². The Kier molecular flexibility index (Phi) is 12.8. The number of rotatable bonds is 15. The Morgan fingerprint density at radius 3 is 2.26 bits per heavy atom. The van der Waals surface area contributed by atoms with E-state index in [1.165, 1.54) is 17.4 Å². The Labute approximate surface area is 274 Å². The van der Waals surface area contributed by atoms with Gasteiger partial charge in [-0.15, -0.1) is 6.58 Å². The molecule has 0 aromatic carbocycles. The Bertz CT molecular complexity index is 1260. The second-order valence-corrected chi connectivity index (χ2v) is 16.4. The van der Waals surface area contributed by atoms with Gasteiger partial charge in [-0.1, -0.05) is 59.5 Å². The number of piperidine rings is 1. The largest absolute Gasteiger partial charge is 0.346 e. The normalized spacial score (nSPS) is 23.5. The van der Waals surface area contributed by atoms with Crippen LogP contribution >= 0.6 is 0 Å². The number of sulfonamides is 1. The zero-order valence-electron chi connectivity index (χ0n) is 28.3. The smallest absolute Gasteiger partial charge is 0.315 e. The quantitative estimate of drug-likeness (QED) is 0.152. The lowest BCUT2D eigenvalue weighted by atomic mass is 9.83. The third-order valence-electron chi connectivity index (χ3n) is 9.57. The number of urea groups is 1. The van der Waals surface area contributed by atoms with Crippen molar-refractivity contribution in [2.45, 2.75) is 103 Å². The van der Waals surface area contributed by atoms with E-state index >= 15 is 0 Å². The summed E-state index contributed by atoms with van der Waals surface area (Å²) in [6.07, 6.45) is 8.58. The number of nitrogens with one attached hydrogen (secondary N) is 4. The standard InChI is InChI=1S/C32H54N6O7S/c1-8-13-23(27(39)29(41)33-16-9-2)34-28(40)26-22-17-21(22)18-38(26)30(42)25(20-14-11-10-12-15-20)36-31(43)35-24(32(3,4)5)19-37(6)46(7,44)45/h9,20-26H,2,8,10-19H2,1,3-7H3,(H,33,41)(H,34,40)(H2,35,36,43)/t21-,22-,23?,24+,25-,26-/m0/s1. The minimum atomic E-state index is -3.49. The van der Waals surface area contributed by atoms with Crippen LogP contribution in [-0.2, 0) is 29.2 Å². The maximum Gasteiger partial charge on any atom is 0.315 e. The van der Waals surface area contributed by atoms with Gasteiger partial charge in [-0.25, -0.2) is 17.5 Å². The van der Waals surface area contributed by atoms with E-state index in [1.807, 2.05) is 27.7 Å². The van der Waals surface area contributed by atoms with Gasteiger partial charge in [0.2, 0.25) is 27.6 Å². The summed E-state index contributed by atoms with van der Waals surface area (Å²) in [5.41, 5.74) is -0.491. The number of likely N-dealkylation sites (N-methyl/N-ethyl adjacent to an activating group) is 1. The number of Topliss-reactive ketones (excluding diaryl/α,β-unsaturated/α-hetero) is 1. The molecule has 0 spiro atoms. The Morgan fingerprint density at radius 2 is 1.70 bits per heavy atom. The molecule has 2 aliphatic carbocycles. The average Bonchev–Trinajstić information content (AvgIpc) is 3.65. The van der Waals surface area contributed by atoms with Crippen LogP contribution in [0.2, 0.25) is 0 Å². The number of nitrogens with zero attached hydrogens (tertiary/aromatic N) is 2. The van der Waals surface area contributed by atoms with E-state index in [1.54, 1.807) is 4.90 Å². The molecule has 1 unspecified atom stereocenters. The Balaban J connectivity index is 1.80. The van der Waals surface area contributed by atoms with E-state index in [0.717, 1.165) is 44.8 Å². The summed E-state index contributed by atoms with van der Waals surface area (Å²) in [5.74, 6) is -2.36. The highest BCUT2D eigenvalue weighted by atomic mass is 32.2. The molecule has 3 rings (SSSR count). The minimum Gasteiger partial charge on any atom is -0.346 e. The van der Waals surface area contributed by atoms with Gasteiger partial charge in [0.1, 0.15) is 12.1 Å². The fraction of sp³-hybridized carbons (Fsp3) is 0.781. The van der Waals surface area contributed by atoms with Crippen molar-refractivity contribution in [3.63, 3.8) is 0 Å². The molecule has 0 radical (unpaired) electrons. The maximum absolute atomic E-state index is 14.3. The second-order valence-electron chi connectivity index (χ2n) is 14.3. The number of fused-ring (bicyclic) bond motifs is 1. The van der Waals surface area contributed by atoms with Gasteiger partial charge in [-0.3, -0.25) is 19.2 Å². The van der Waals surface area contributed by atoms with E-state index in [0.29, 0.717) is 13.0 Å². The molecule has 0 aromatic rings. The highest BCUT2D eigenvalue weighted by Gasteiger charge is 2.58. The first-order valence-electron chi connectivity index (χ1n) is 16.5. The molecule has 1 heterocycles. The SMILES string of the molecule is C=CCNC(=O)C(=O)C(CCC)NC(=O)[C@@H]1[C@H]2C[C@H]2CN1C(=O)[C@@H](NC(=O)N[C@H](CN(C)S(C)(=O)=O)C(C)(C)C)C1CCCCC1. The van der Waals surface area contributed by atoms with Gasteiger partial charge < -0.3 is 26.2 Å². The molecule has 46 heavy (non-hydrogen) atoms. The fourth-order valence-electron chi connectivity index (χ4n) is 6.55. The summed E-state index contributed by atoms with van der Waals surface area (Å²) in [4.78, 5) is 68.3. The summed E-state index contributed by atoms with van der Waals surface area (Å²) in [5, 5.41) is 11.1. The zero-order chi connectivity index (χ0) is 34.4. The Morgan fingerprint density at radius 1 is 1.04 bits per heavy atom. The molecule has 1 saturated heterocycles. The molecule has 3 aliphatic rings. The number of carbonyl (C=O) groups excluding carboxylic acids is 5. The van der Waals surface area contributed by atoms with Crippen LogP contribution in [0.4, 0.5) is 4.79 Å². The number of hydrogen-bond acceptors (Lipinski definition) is 7. The molecule has 260 valence electrons. The monoisotopic (exact) mass is 666 g/mol. The molecule has 14 heteroatoms. The van der Waals surface area contributed by atoms with Crippen molar-refractivity contribution in [1.82, 2.24) is 30.5 Å². The van der Waals surface area contributed by atoms with Crippen molar-refractivity contribution < 1.29 is 32.4 Å². The molecule has 6 atom stereocenters. The predicted octanol–water partition coefficient (Wildman–Crippen LogP) is 1.54. The first-order valence-corrected chi connectivity index (χ1v) is 18.4. The van der Waals surface area contributed by atoms with Gasteiger partial charge in [0, 0.05) is 32.7 Å². The van der Waals surface area contributed by atoms with Gasteiger partial charge in [0.05, 0.1) is 12.3 Å². The number of hydrogen-bond donors (Lipinski definition) is 4. The minimum absolute atomic E-state index is 0.0476. The number of carbonyl (C=O) groups is 5. The number of likely N-dealkylation sites (tertiary alicyclic amines) is 1. The molecule has 2 saturated carbocycles. The fourth-order valence-corrected chi connectivity index (χ4v) is 6.97. The molecule has 0 bridgehead atoms. The van der Waals surface area contributed by atoms with Crippen molar-refractivity contribution in [3.8, 4) is 0 Å². The van der Waals surface area contributed by atoms with Gasteiger partial charge in [-0.05, 0) is 48.9 Å². The van der Waals surface area contributed by atoms with E-state index in [4.69, 9.17) is 0 Å². The first kappa shape index (κ1) is 37.5. The molecule has 1 aliphatic heterocycles. The molecule has 5 amide bonds. The summed E-state index contributed by atoms with van der Waals surface area (Å²) in [7, 11) is -2.03. The molecule has 0 aromatic heterocycles. The molecule has 4 N–H and O–H groups in total. The highest BCUT2D eigenvalue weighted by molar-refractivity contribution is 7.88. The van der Waals surface area contributed by atoms with Crippen molar-refractivity contribution in [2.75, 3.05) is 32.9 Å². The average molecular weight is 667 g/mol. The van der Waals surface area contributed by atoms with E-state index < -0.39 is 63.2 Å². The predicted molar refractivity (Wildman–Crippen MR) is 175 cm³/mol. The summed E-state index contributed by atoms with van der Waals surface area (Å²) < 4.78 is 25.4. The number of amides is 5. The van der Waals surface area contributed by atoms with Crippen LogP contribution in [0.3, 0.4) is 0 Å². The molecular formula is C32H54N6O7S. The topological polar surface area (TPSA) is 174 Å². The van der Waals surface area contributed by atoms with Crippen LogP contribution in [0.1, 0.15) is 79.1 Å². The molecule has 13 nitrogen and oxygen atoms in total. The van der Waals surface area contributed by atoms with Crippen LogP contribution < -0.4 is 21.3 Å². The lowest BCUT2D eigenvalue weighted by Crippen LogP contribution is -2.61. The second kappa shape index (κ2) is 15.7. The van der Waals surface area contributed by atoms with Crippen molar-refractivity contribution in [3.05, 3.63) is 12.7 Å². The van der Waals surface area contributed by atoms with Gasteiger partial charge in [0.15, 0.2) is 0 Å². The van der Waals surface area contributed by atoms with Crippen molar-refractivity contribution in [2.24, 2.45) is 23.2 Å². The van der Waals surface area contributed by atoms with Crippen LogP contribution in [0.15, 0.2) is 12.7 Å². The van der Waals surface area contributed by atoms with Gasteiger partial charge in [-0.2, -0.15) is 0 Å². The summed E-state index contributed by atoms with van der Waals surface area (Å²) in [6.45, 7) is 11.6. The van der Waals surface area contributed by atoms with Crippen LogP contribution in [0, 0.1) is 23.2 Å². The first-order chi connectivity index (χ1) is 21.5. The maximum atomic E-state index is 14.3. The molecule has 3 fully saturated rings. The van der Waals surface area contributed by atoms with Crippen LogP contribution in [0.25, 0.3) is 0 Å². The lowest BCUT2D eigenvalue weighted by Gasteiger charge is -2.37. The highest BCUT2D eigenvalue weighted by Crippen LogP contribution is 2.50. The van der Waals surface area contributed by atoms with E-state index in [2.05, 4.69) is 27.8 Å². The van der Waals surface area contributed by atoms with Gasteiger partial charge >= 0.3 is 6.03 Å². The third kappa shape index (κ3) is 9.76. The van der Waals surface area contributed by atoms with Crippen LogP contribution in [-0.4, -0.2) is 104 Å². The van der Waals surface area contributed by atoms with E-state index in [9.17, 15) is 32.4 Å². The summed E-state index contributed by atoms with van der Waals surface area (Å²) >= 11 is 0. The van der Waals surface area contributed by atoms with Crippen molar-refractivity contribution in [1.29, 1.82) is 0 Å². The zero-order valence-corrected chi connectivity index (χ0v) is 29.1. The summed E-state index contributed by atoms with van der Waals surface area (Å²) in [6, 6.07) is -3.82. The van der Waals surface area contributed by atoms with Crippen molar-refractivity contribution >= 4 is 39.6 Å². The number of ketones is 1. The molecular weight excluding hydrogens is 612 g/mol.